The molecule has 0 atom stereocenters. The van der Waals surface area contributed by atoms with Gasteiger partial charge in [0.2, 0.25) is 0 Å². The van der Waals surface area contributed by atoms with E-state index in [1.165, 1.54) is 44.9 Å². The van der Waals surface area contributed by atoms with Gasteiger partial charge in [-0.05, 0) is 13.0 Å². The maximum atomic E-state index is 8.00. The van der Waals surface area contributed by atoms with Crippen molar-refractivity contribution >= 4 is 27.2 Å². The molecule has 11 heteroatoms. The highest BCUT2D eigenvalue weighted by atomic mass is 16.1. The number of nitrogens with two attached hydrogens (primary N) is 1. The van der Waals surface area contributed by atoms with Crippen LogP contribution in [0.1, 0.15) is 170 Å². The second-order valence-corrected chi connectivity index (χ2v) is 3.20. The van der Waals surface area contributed by atoms with Crippen LogP contribution >= 0.6 is 0 Å². The van der Waals surface area contributed by atoms with Crippen LogP contribution in [0.15, 0.2) is 0 Å². The monoisotopic (exact) mass is 622 g/mol. The number of hydrogen-bond acceptors (Lipinski definition) is 9. The van der Waals surface area contributed by atoms with Crippen LogP contribution < -0.4 is 30.3 Å². The van der Waals surface area contributed by atoms with Crippen LogP contribution in [0.4, 0.5) is 0 Å². The first-order chi connectivity index (χ1) is 9.83. The van der Waals surface area contributed by atoms with Crippen LogP contribution in [0.5, 0.6) is 0 Å². The van der Waals surface area contributed by atoms with E-state index in [9.17, 15) is 0 Å². The maximum absolute atomic E-state index is 8.00. The first kappa shape index (κ1) is 349. The number of hydrogen-bond donors (Lipinski definition) is 5. The summed E-state index contributed by atoms with van der Waals surface area (Å²) < 4.78 is 0. The van der Waals surface area contributed by atoms with E-state index in [1.807, 2.05) is 27.2 Å². The second kappa shape index (κ2) is 1210. The quantitative estimate of drug-likeness (QED) is 0.176. The SMILES string of the molecule is C.C.C.C.C.C.C.C.C.C.C.C.C.C.C=O.C=O.C=O.C=O.CCCCCC.CCCCCN.N.N.N.N.O.O. The molecule has 0 fully saturated rings. The minimum atomic E-state index is 0. The molecule has 0 aromatic heterocycles. The van der Waals surface area contributed by atoms with Crippen LogP contribution in [0.2, 0.25) is 0 Å². The zero-order valence-electron chi connectivity index (χ0n) is 17.5. The van der Waals surface area contributed by atoms with Gasteiger partial charge in [0.05, 0.1) is 0 Å². The first-order valence-corrected chi connectivity index (χ1v) is 6.68. The number of rotatable bonds is 6. The largest absolute Gasteiger partial charge is 0.412 e. The molecule has 0 bridgehead atoms. The normalized spacial score (nSPS) is 3.10. The predicted octanol–water partition coefficient (Wildman–Crippen LogP) is 10.9. The summed E-state index contributed by atoms with van der Waals surface area (Å²) >= 11 is 0. The van der Waals surface area contributed by atoms with Gasteiger partial charge in [-0.25, -0.2) is 0 Å². The van der Waals surface area contributed by atoms with E-state index >= 15 is 0 Å². The van der Waals surface area contributed by atoms with Crippen molar-refractivity contribution in [3.05, 3.63) is 0 Å². The fourth-order valence-electron chi connectivity index (χ4n) is 0.894. The maximum Gasteiger partial charge on any atom is 0.106 e. The topological polar surface area (TPSA) is 297 Å². The average molecular weight is 622 g/mol. The Morgan fingerprint density at radius 1 is 0.350 bits per heavy atom. The van der Waals surface area contributed by atoms with Gasteiger partial charge in [-0.15, -0.1) is 0 Å². The van der Waals surface area contributed by atoms with E-state index < -0.39 is 0 Å². The van der Waals surface area contributed by atoms with Crippen molar-refractivity contribution in [2.24, 2.45) is 5.73 Å². The fourth-order valence-corrected chi connectivity index (χ4v) is 0.894. The molecule has 0 aliphatic heterocycles. The van der Waals surface area contributed by atoms with Gasteiger partial charge >= 0.3 is 0 Å². The Labute approximate surface area is 264 Å². The van der Waals surface area contributed by atoms with Crippen molar-refractivity contribution in [3.8, 4) is 0 Å². The molecule has 40 heavy (non-hydrogen) atoms. The molecule has 0 aromatic rings. The van der Waals surface area contributed by atoms with Crippen molar-refractivity contribution in [3.63, 3.8) is 0 Å². The molecule has 0 aliphatic rings. The summed E-state index contributed by atoms with van der Waals surface area (Å²) in [6.07, 6.45) is 9.29. The molecular weight excluding hydrogens is 514 g/mol. The lowest BCUT2D eigenvalue weighted by molar-refractivity contribution is -0.0987. The number of carbonyl (C=O) groups is 4. The van der Waals surface area contributed by atoms with Gasteiger partial charge in [0.1, 0.15) is 27.2 Å². The van der Waals surface area contributed by atoms with Crippen LogP contribution in [-0.2, 0) is 19.2 Å². The molecule has 18 N–H and O–H groups in total. The zero-order chi connectivity index (χ0) is 17.7. The van der Waals surface area contributed by atoms with Crippen molar-refractivity contribution < 1.29 is 30.1 Å². The highest BCUT2D eigenvalue weighted by molar-refractivity contribution is 5.11. The Bertz CT molecular complexity index is 107. The lowest BCUT2D eigenvalue weighted by atomic mass is 10.2. The lowest BCUT2D eigenvalue weighted by Crippen LogP contribution is -1.96. The molecule has 284 valence electrons. The smallest absolute Gasteiger partial charge is 0.106 e. The molecule has 0 amide bonds. The molecule has 0 heterocycles. The Morgan fingerprint density at radius 3 is 0.500 bits per heavy atom. The Kier molecular flexibility index (Phi) is 10600. The second-order valence-electron chi connectivity index (χ2n) is 3.20. The summed E-state index contributed by atoms with van der Waals surface area (Å²) in [6, 6.07) is 0. The van der Waals surface area contributed by atoms with Crippen molar-refractivity contribution in [1.82, 2.24) is 24.6 Å². The molecule has 0 saturated carbocycles. The first-order valence-electron chi connectivity index (χ1n) is 6.68. The highest BCUT2D eigenvalue weighted by Crippen LogP contribution is 1.95. The standard InChI is InChI=1S/C6H14.C5H13N.4CH2O.14CH4.4H3N.2H2O/c1-3-5-6-4-2;1-2-3-4-5-6;4*1-2;;;;;;;;;;;;;;;;;;;;/h3-6H2,1-2H3;2-6H2,1H3;4*1H2;14*1H4;4*1H3;2*1H2. The zero-order valence-corrected chi connectivity index (χ0v) is 17.5. The summed E-state index contributed by atoms with van der Waals surface area (Å²) in [5.74, 6) is 0. The van der Waals surface area contributed by atoms with E-state index in [0.29, 0.717) is 0 Å². The van der Waals surface area contributed by atoms with Gasteiger partial charge in [-0.2, -0.15) is 0 Å². The number of carbonyl (C=O) groups excluding carboxylic acids is 4. The molecule has 0 aliphatic carbocycles. The molecule has 0 unspecified atom stereocenters. The third-order valence-electron chi connectivity index (χ3n) is 1.76. The van der Waals surface area contributed by atoms with Crippen LogP contribution in [0.3, 0.4) is 0 Å². The summed E-state index contributed by atoms with van der Waals surface area (Å²) in [5.41, 5.74) is 5.21. The minimum Gasteiger partial charge on any atom is -0.412 e. The Morgan fingerprint density at radius 2 is 0.450 bits per heavy atom. The molecule has 0 saturated heterocycles. The van der Waals surface area contributed by atoms with E-state index in [-0.39, 0.29) is 140 Å². The predicted molar refractivity (Wildman–Crippen MR) is 208 cm³/mol. The van der Waals surface area contributed by atoms with E-state index in [0.717, 1.165) is 6.54 Å². The Balaban J connectivity index is -0.00000000233. The fraction of sp³-hybridized carbons (Fsp3) is 0.862. The highest BCUT2D eigenvalue weighted by Gasteiger charge is 1.75. The van der Waals surface area contributed by atoms with Gasteiger partial charge in [0, 0.05) is 0 Å². The van der Waals surface area contributed by atoms with Gasteiger partial charge < -0.3 is 60.5 Å². The van der Waals surface area contributed by atoms with Crippen LogP contribution in [0.25, 0.3) is 0 Å². The third-order valence-corrected chi connectivity index (χ3v) is 1.76. The summed E-state index contributed by atoms with van der Waals surface area (Å²) in [7, 11) is 0. The van der Waals surface area contributed by atoms with Crippen LogP contribution in [-0.4, -0.2) is 44.7 Å². The minimum absolute atomic E-state index is 0. The van der Waals surface area contributed by atoms with E-state index in [4.69, 9.17) is 24.9 Å². The summed E-state index contributed by atoms with van der Waals surface area (Å²) in [5, 5.41) is 0. The van der Waals surface area contributed by atoms with Gasteiger partial charge in [0.15, 0.2) is 0 Å². The molecule has 0 rings (SSSR count). The van der Waals surface area contributed by atoms with Crippen LogP contribution in [0, 0.1) is 0 Å². The van der Waals surface area contributed by atoms with Crippen molar-refractivity contribution in [2.45, 2.75) is 170 Å². The van der Waals surface area contributed by atoms with Gasteiger partial charge in [0.25, 0.3) is 0 Å². The molecule has 0 aromatic carbocycles. The third kappa shape index (κ3) is 2360. The molecule has 0 spiro atoms. The molecule has 11 nitrogen and oxygen atoms in total. The lowest BCUT2D eigenvalue weighted by Gasteiger charge is -1.86. The van der Waals surface area contributed by atoms with E-state index in [1.54, 1.807) is 0 Å². The number of unbranched alkanes of at least 4 members (excludes halogenated alkanes) is 5. The van der Waals surface area contributed by atoms with Crippen molar-refractivity contribution in [1.29, 1.82) is 0 Å². The Hall–Kier alpha value is -1.60. The van der Waals surface area contributed by atoms with Crippen molar-refractivity contribution in [2.75, 3.05) is 6.54 Å². The summed E-state index contributed by atoms with van der Waals surface area (Å²) in [4.78, 5) is 32.0. The van der Waals surface area contributed by atoms with E-state index in [2.05, 4.69) is 20.8 Å². The van der Waals surface area contributed by atoms with Gasteiger partial charge in [-0.3, -0.25) is 0 Å². The van der Waals surface area contributed by atoms with Gasteiger partial charge in [-0.1, -0.05) is 163 Å². The summed E-state index contributed by atoms with van der Waals surface area (Å²) in [6.45, 7) is 15.5. The average Bonchev–Trinajstić information content (AvgIpc) is 2.59. The molecular formula is C29H107N5O6. The molecule has 0 radical (unpaired) electrons.